The van der Waals surface area contributed by atoms with Crippen molar-refractivity contribution in [3.05, 3.63) is 65.2 Å². The van der Waals surface area contributed by atoms with E-state index in [2.05, 4.69) is 15.6 Å². The average molecular weight is 493 g/mol. The van der Waals surface area contributed by atoms with Gasteiger partial charge in [-0.05, 0) is 48.0 Å². The van der Waals surface area contributed by atoms with Crippen molar-refractivity contribution >= 4 is 39.2 Å². The summed E-state index contributed by atoms with van der Waals surface area (Å²) in [6.07, 6.45) is 1.30. The lowest BCUT2D eigenvalue weighted by Gasteiger charge is -2.19. The maximum Gasteiger partial charge on any atom is 0.325 e. The average Bonchev–Trinajstić information content (AvgIpc) is 3.31. The van der Waals surface area contributed by atoms with Gasteiger partial charge in [0.25, 0.3) is 5.56 Å². The van der Waals surface area contributed by atoms with E-state index in [1.807, 2.05) is 30.3 Å². The van der Waals surface area contributed by atoms with Crippen LogP contribution in [0, 0.1) is 0 Å². The van der Waals surface area contributed by atoms with Crippen LogP contribution in [0.2, 0.25) is 0 Å². The Kier molecular flexibility index (Phi) is 6.06. The molecule has 11 heteroatoms. The number of benzene rings is 2. The van der Waals surface area contributed by atoms with Crippen molar-refractivity contribution < 1.29 is 23.8 Å². The number of nitrogens with zero attached hydrogens (tertiary/aromatic N) is 2. The van der Waals surface area contributed by atoms with Crippen LogP contribution < -0.4 is 30.4 Å². The number of carbonyl (C=O) groups is 2. The minimum Gasteiger partial charge on any atom is -0.497 e. The number of nitrogens with one attached hydrogen (secondary N) is 2. The molecule has 35 heavy (non-hydrogen) atoms. The second kappa shape index (κ2) is 9.47. The molecule has 0 atom stereocenters. The number of hydrogen-bond donors (Lipinski definition) is 2. The maximum atomic E-state index is 12.9. The van der Waals surface area contributed by atoms with Crippen LogP contribution in [0.25, 0.3) is 20.7 Å². The van der Waals surface area contributed by atoms with E-state index in [4.69, 9.17) is 14.2 Å². The molecule has 0 saturated carbocycles. The zero-order valence-corrected chi connectivity index (χ0v) is 19.4. The van der Waals surface area contributed by atoms with Crippen molar-refractivity contribution in [3.63, 3.8) is 0 Å². The first-order chi connectivity index (χ1) is 17.0. The molecule has 0 aliphatic carbocycles. The van der Waals surface area contributed by atoms with Crippen molar-refractivity contribution in [2.75, 3.05) is 25.6 Å². The highest BCUT2D eigenvalue weighted by Crippen LogP contribution is 2.33. The summed E-state index contributed by atoms with van der Waals surface area (Å²) in [6.45, 7) is 0.523. The van der Waals surface area contributed by atoms with Crippen molar-refractivity contribution in [3.8, 4) is 27.7 Å². The Morgan fingerprint density at radius 1 is 1.09 bits per heavy atom. The fourth-order valence-electron chi connectivity index (χ4n) is 3.56. The second-order valence-corrected chi connectivity index (χ2v) is 8.64. The van der Waals surface area contributed by atoms with Crippen LogP contribution in [0.4, 0.5) is 10.5 Å². The van der Waals surface area contributed by atoms with E-state index in [-0.39, 0.29) is 12.1 Å². The topological polar surface area (TPSA) is 121 Å². The van der Waals surface area contributed by atoms with Gasteiger partial charge in [0.2, 0.25) is 5.91 Å². The van der Waals surface area contributed by atoms with Crippen molar-refractivity contribution in [2.24, 2.45) is 0 Å². The summed E-state index contributed by atoms with van der Waals surface area (Å²) in [7, 11) is 1.60. The maximum absolute atomic E-state index is 12.9. The summed E-state index contributed by atoms with van der Waals surface area (Å²) in [4.78, 5) is 42.8. The monoisotopic (exact) mass is 492 g/mol. The van der Waals surface area contributed by atoms with Crippen molar-refractivity contribution in [1.29, 1.82) is 0 Å². The number of urea groups is 1. The van der Waals surface area contributed by atoms with Gasteiger partial charge in [-0.25, -0.2) is 9.78 Å². The van der Waals surface area contributed by atoms with Crippen LogP contribution >= 0.6 is 11.3 Å². The first kappa shape index (κ1) is 22.4. The molecular weight excluding hydrogens is 472 g/mol. The van der Waals surface area contributed by atoms with Crippen LogP contribution in [0.5, 0.6) is 17.2 Å². The van der Waals surface area contributed by atoms with Gasteiger partial charge in [0.1, 0.15) is 30.2 Å². The predicted molar refractivity (Wildman–Crippen MR) is 130 cm³/mol. The normalized spacial score (nSPS) is 12.3. The molecule has 5 rings (SSSR count). The van der Waals surface area contributed by atoms with Gasteiger partial charge in [0.05, 0.1) is 19.0 Å². The molecule has 0 unspecified atom stereocenters. The number of imide groups is 1. The van der Waals surface area contributed by atoms with Gasteiger partial charge in [-0.1, -0.05) is 0 Å². The lowest BCUT2D eigenvalue weighted by Crippen LogP contribution is -2.38. The molecule has 1 aliphatic rings. The number of aromatic nitrogens is 2. The molecular formula is C24H20N4O6S. The minimum absolute atomic E-state index is 0.355. The quantitative estimate of drug-likeness (QED) is 0.439. The molecule has 0 radical (unpaired) electrons. The molecule has 2 N–H and O–H groups in total. The summed E-state index contributed by atoms with van der Waals surface area (Å²) < 4.78 is 17.7. The fourth-order valence-corrected chi connectivity index (χ4v) is 4.62. The molecule has 2 aromatic carbocycles. The first-order valence-corrected chi connectivity index (χ1v) is 11.5. The van der Waals surface area contributed by atoms with Gasteiger partial charge in [0.15, 0.2) is 11.5 Å². The number of fused-ring (bicyclic) bond motifs is 2. The summed E-state index contributed by atoms with van der Waals surface area (Å²) in [6, 6.07) is 13.5. The third kappa shape index (κ3) is 4.80. The van der Waals surface area contributed by atoms with Gasteiger partial charge in [-0.15, -0.1) is 11.3 Å². The van der Waals surface area contributed by atoms with Gasteiger partial charge in [0, 0.05) is 16.6 Å². The number of hydrogen-bond acceptors (Lipinski definition) is 8. The SMILES string of the molecule is COc1ccc(-c2cc3ncn(CC(=O)NC(=O)Nc4ccc5c(c4)OCCO5)c(=O)c3s2)cc1. The van der Waals surface area contributed by atoms with Crippen LogP contribution in [-0.2, 0) is 11.3 Å². The zero-order chi connectivity index (χ0) is 24.4. The molecule has 10 nitrogen and oxygen atoms in total. The van der Waals surface area contributed by atoms with Crippen molar-refractivity contribution in [2.45, 2.75) is 6.54 Å². The Morgan fingerprint density at radius 2 is 1.86 bits per heavy atom. The number of thiophene rings is 1. The largest absolute Gasteiger partial charge is 0.497 e. The van der Waals surface area contributed by atoms with E-state index in [9.17, 15) is 14.4 Å². The molecule has 3 amide bonds. The molecule has 0 saturated heterocycles. The smallest absolute Gasteiger partial charge is 0.325 e. The molecule has 4 aromatic rings. The Balaban J connectivity index is 1.26. The Labute approximate surface area is 203 Å². The summed E-state index contributed by atoms with van der Waals surface area (Å²) in [5, 5.41) is 4.78. The van der Waals surface area contributed by atoms with E-state index in [0.717, 1.165) is 16.2 Å². The lowest BCUT2D eigenvalue weighted by molar-refractivity contribution is -0.120. The molecule has 0 spiro atoms. The van der Waals surface area contributed by atoms with Gasteiger partial charge >= 0.3 is 6.03 Å². The van der Waals surface area contributed by atoms with Crippen LogP contribution in [0.3, 0.4) is 0 Å². The number of methoxy groups -OCH3 is 1. The van der Waals surface area contributed by atoms with Crippen LogP contribution in [0.15, 0.2) is 59.7 Å². The summed E-state index contributed by atoms with van der Waals surface area (Å²) in [5.41, 5.74) is 1.54. The molecule has 1 aliphatic heterocycles. The fraction of sp³-hybridized carbons (Fsp3) is 0.167. The highest BCUT2D eigenvalue weighted by molar-refractivity contribution is 7.22. The lowest BCUT2D eigenvalue weighted by atomic mass is 10.2. The number of rotatable bonds is 5. The van der Waals surface area contributed by atoms with Crippen LogP contribution in [0.1, 0.15) is 0 Å². The number of amides is 3. The Bertz CT molecular complexity index is 1480. The number of carbonyl (C=O) groups excluding carboxylic acids is 2. The predicted octanol–water partition coefficient (Wildman–Crippen LogP) is 3.25. The zero-order valence-electron chi connectivity index (χ0n) is 18.6. The molecule has 3 heterocycles. The highest BCUT2D eigenvalue weighted by Gasteiger charge is 2.16. The van der Waals surface area contributed by atoms with E-state index < -0.39 is 11.9 Å². The number of ether oxygens (including phenoxy) is 3. The highest BCUT2D eigenvalue weighted by atomic mass is 32.1. The van der Waals surface area contributed by atoms with Gasteiger partial charge in [-0.3, -0.25) is 19.5 Å². The van der Waals surface area contributed by atoms with Gasteiger partial charge < -0.3 is 19.5 Å². The molecule has 178 valence electrons. The van der Waals surface area contributed by atoms with E-state index in [0.29, 0.717) is 40.6 Å². The Morgan fingerprint density at radius 3 is 2.63 bits per heavy atom. The van der Waals surface area contributed by atoms with Crippen molar-refractivity contribution in [1.82, 2.24) is 14.9 Å². The van der Waals surface area contributed by atoms with E-state index in [1.165, 1.54) is 22.2 Å². The van der Waals surface area contributed by atoms with Crippen LogP contribution in [-0.4, -0.2) is 41.8 Å². The minimum atomic E-state index is -0.730. The number of anilines is 1. The second-order valence-electron chi connectivity index (χ2n) is 7.59. The molecule has 2 aromatic heterocycles. The third-order valence-corrected chi connectivity index (χ3v) is 6.41. The first-order valence-electron chi connectivity index (χ1n) is 10.6. The summed E-state index contributed by atoms with van der Waals surface area (Å²) >= 11 is 1.29. The Hall–Kier alpha value is -4.38. The van der Waals surface area contributed by atoms with E-state index in [1.54, 1.807) is 25.3 Å². The van der Waals surface area contributed by atoms with E-state index >= 15 is 0 Å². The molecule has 0 bridgehead atoms. The third-order valence-electron chi connectivity index (χ3n) is 5.25. The summed E-state index contributed by atoms with van der Waals surface area (Å²) in [5.74, 6) is 1.18. The standard InChI is InChI=1S/C24H20N4O6S/c1-32-16-5-2-14(3-6-16)20-11-17-22(35-20)23(30)28(13-25-17)12-21(29)27-24(31)26-15-4-7-18-19(10-15)34-9-8-33-18/h2-7,10-11,13H,8-9,12H2,1H3,(H2,26,27,29,31). The van der Waals surface area contributed by atoms with Gasteiger partial charge in [-0.2, -0.15) is 0 Å². The molecule has 0 fully saturated rings.